The number of ether oxygens (including phenoxy) is 4. The summed E-state index contributed by atoms with van der Waals surface area (Å²) < 4.78 is 68.4. The van der Waals surface area contributed by atoms with E-state index in [-0.39, 0.29) is 25.7 Å². The van der Waals surface area contributed by atoms with E-state index in [4.69, 9.17) is 37.0 Å². The van der Waals surface area contributed by atoms with Crippen molar-refractivity contribution in [3.8, 4) is 0 Å². The van der Waals surface area contributed by atoms with Crippen molar-refractivity contribution in [3.05, 3.63) is 24.3 Å². The van der Waals surface area contributed by atoms with Gasteiger partial charge in [-0.2, -0.15) is 0 Å². The Kier molecular flexibility index (Phi) is 64.7. The average Bonchev–Trinajstić information content (AvgIpc) is 1.45. The van der Waals surface area contributed by atoms with E-state index in [0.29, 0.717) is 25.7 Å². The standard InChI is InChI=1S/C75H142O17P2/c1-7-10-12-14-16-18-20-21-22-26-29-33-40-46-52-58-73(78)86-63-70(91-74(79)59-53-47-41-34-30-27-24-23-25-28-31-37-43-49-55-67(4)5)65-89-93(81,82)87-61-69(76)62-88-94(83,84)90-66-71(64-85-72(77)57-51-45-39-32-19-17-15-13-11-8-2)92-75(80)60-54-48-42-36-35-38-44-50-56-68(6)9-3/h18,20-22,67-71,76H,7-17,19,23-66H2,1-6H3,(H,81,82)(H,83,84)/b20-18-,22-21-/t68?,69-,70-,71-/m1/s1. The minimum Gasteiger partial charge on any atom is -0.462 e. The Hall–Kier alpha value is -2.46. The molecule has 3 unspecified atom stereocenters. The number of carbonyl (C=O) groups excluding carboxylic acids is 4. The second-order valence-electron chi connectivity index (χ2n) is 27.1. The average molecular weight is 1380 g/mol. The first kappa shape index (κ1) is 91.5. The van der Waals surface area contributed by atoms with Crippen molar-refractivity contribution < 1.29 is 80.2 Å². The van der Waals surface area contributed by atoms with Gasteiger partial charge in [0.15, 0.2) is 12.2 Å². The molecule has 0 saturated heterocycles. The van der Waals surface area contributed by atoms with Crippen LogP contribution in [0.15, 0.2) is 24.3 Å². The van der Waals surface area contributed by atoms with Crippen molar-refractivity contribution in [3.63, 3.8) is 0 Å². The van der Waals surface area contributed by atoms with Crippen LogP contribution in [0.5, 0.6) is 0 Å². The second-order valence-corrected chi connectivity index (χ2v) is 30.0. The van der Waals surface area contributed by atoms with Crippen molar-refractivity contribution in [1.29, 1.82) is 0 Å². The predicted octanol–water partition coefficient (Wildman–Crippen LogP) is 21.5. The van der Waals surface area contributed by atoms with Crippen molar-refractivity contribution in [1.82, 2.24) is 0 Å². The Bertz CT molecular complexity index is 1920. The lowest BCUT2D eigenvalue weighted by Crippen LogP contribution is -2.30. The van der Waals surface area contributed by atoms with E-state index in [1.54, 1.807) is 0 Å². The number of esters is 4. The molecule has 6 atom stereocenters. The summed E-state index contributed by atoms with van der Waals surface area (Å²) in [5, 5.41) is 10.6. The van der Waals surface area contributed by atoms with Crippen LogP contribution < -0.4 is 0 Å². The maximum absolute atomic E-state index is 13.1. The third kappa shape index (κ3) is 66.8. The maximum Gasteiger partial charge on any atom is 0.472 e. The molecule has 0 aliphatic rings. The van der Waals surface area contributed by atoms with E-state index >= 15 is 0 Å². The monoisotopic (exact) mass is 1380 g/mol. The van der Waals surface area contributed by atoms with Crippen LogP contribution in [-0.4, -0.2) is 96.7 Å². The highest BCUT2D eigenvalue weighted by Gasteiger charge is 2.30. The number of unbranched alkanes of at least 4 members (excludes halogenated alkanes) is 38. The number of hydrogen-bond donors (Lipinski definition) is 3. The van der Waals surface area contributed by atoms with Crippen LogP contribution in [0.25, 0.3) is 0 Å². The smallest absolute Gasteiger partial charge is 0.462 e. The second kappa shape index (κ2) is 66.4. The molecule has 19 heteroatoms. The van der Waals surface area contributed by atoms with Crippen LogP contribution in [0.2, 0.25) is 0 Å². The Morgan fingerprint density at radius 2 is 0.628 bits per heavy atom. The molecular weight excluding hydrogens is 1230 g/mol. The molecule has 0 aromatic carbocycles. The minimum atomic E-state index is -4.96. The normalized spacial score (nSPS) is 14.5. The van der Waals surface area contributed by atoms with E-state index in [9.17, 15) is 43.2 Å². The lowest BCUT2D eigenvalue weighted by molar-refractivity contribution is -0.161. The molecule has 0 heterocycles. The first-order chi connectivity index (χ1) is 45.4. The molecule has 0 aliphatic heterocycles. The van der Waals surface area contributed by atoms with Gasteiger partial charge in [-0.05, 0) is 63.2 Å². The summed E-state index contributed by atoms with van der Waals surface area (Å²) in [7, 11) is -9.92. The highest BCUT2D eigenvalue weighted by atomic mass is 31.2. The van der Waals surface area contributed by atoms with Gasteiger partial charge in [-0.1, -0.05) is 310 Å². The lowest BCUT2D eigenvalue weighted by Gasteiger charge is -2.21. The molecule has 0 spiro atoms. The van der Waals surface area contributed by atoms with Gasteiger partial charge >= 0.3 is 39.5 Å². The predicted molar refractivity (Wildman–Crippen MR) is 381 cm³/mol. The SMILES string of the molecule is CCCCCC/C=C\C=C/CCCCCCCC(=O)OC[C@H](COP(=O)(O)OC[C@@H](O)COP(=O)(O)OC[C@@H](COC(=O)CCCCCCCCCCCC)OC(=O)CCCCCCCCCCC(C)CC)OC(=O)CCCCCCCCCCCCCCCCC(C)C. The summed E-state index contributed by atoms with van der Waals surface area (Å²) in [5.74, 6) is -0.588. The number of allylic oxidation sites excluding steroid dienone is 4. The van der Waals surface area contributed by atoms with Crippen LogP contribution in [0.1, 0.15) is 363 Å². The number of phosphoric acid groups is 2. The number of rotatable bonds is 72. The largest absolute Gasteiger partial charge is 0.472 e. The Labute approximate surface area is 573 Å². The molecule has 0 saturated carbocycles. The van der Waals surface area contributed by atoms with Crippen LogP contribution in [0.4, 0.5) is 0 Å². The summed E-state index contributed by atoms with van der Waals surface area (Å²) in [6.07, 6.45) is 56.2. The van der Waals surface area contributed by atoms with Crippen molar-refractivity contribution in [2.75, 3.05) is 39.6 Å². The molecule has 0 bridgehead atoms. The molecule has 94 heavy (non-hydrogen) atoms. The summed E-state index contributed by atoms with van der Waals surface area (Å²) in [4.78, 5) is 72.7. The zero-order valence-electron chi connectivity index (χ0n) is 60.7. The van der Waals surface area contributed by atoms with Crippen LogP contribution >= 0.6 is 15.6 Å². The summed E-state index contributed by atoms with van der Waals surface area (Å²) in [6, 6.07) is 0. The van der Waals surface area contributed by atoms with Gasteiger partial charge in [-0.3, -0.25) is 37.3 Å². The fourth-order valence-electron chi connectivity index (χ4n) is 10.9. The number of aliphatic hydroxyl groups excluding tert-OH is 1. The van der Waals surface area contributed by atoms with Gasteiger partial charge < -0.3 is 33.8 Å². The van der Waals surface area contributed by atoms with Crippen molar-refractivity contribution >= 4 is 39.5 Å². The molecular formula is C75H142O17P2. The molecule has 0 fully saturated rings. The zero-order chi connectivity index (χ0) is 69.3. The quantitative estimate of drug-likeness (QED) is 0.0169. The van der Waals surface area contributed by atoms with Gasteiger partial charge in [0.05, 0.1) is 26.4 Å². The molecule has 0 radical (unpaired) electrons. The third-order valence-electron chi connectivity index (χ3n) is 17.2. The van der Waals surface area contributed by atoms with Crippen molar-refractivity contribution in [2.45, 2.75) is 381 Å². The van der Waals surface area contributed by atoms with Gasteiger partial charge in [0.2, 0.25) is 0 Å². The molecule has 0 aromatic heterocycles. The number of hydrogen-bond acceptors (Lipinski definition) is 15. The Morgan fingerprint density at radius 1 is 0.351 bits per heavy atom. The van der Waals surface area contributed by atoms with E-state index in [1.165, 1.54) is 161 Å². The van der Waals surface area contributed by atoms with Crippen LogP contribution in [-0.2, 0) is 65.4 Å². The summed E-state index contributed by atoms with van der Waals surface area (Å²) >= 11 is 0. The van der Waals surface area contributed by atoms with Crippen LogP contribution in [0.3, 0.4) is 0 Å². The van der Waals surface area contributed by atoms with E-state index in [0.717, 1.165) is 121 Å². The summed E-state index contributed by atoms with van der Waals surface area (Å²) in [5.41, 5.74) is 0. The third-order valence-corrected chi connectivity index (χ3v) is 19.1. The number of aliphatic hydroxyl groups is 1. The number of carbonyl (C=O) groups is 4. The van der Waals surface area contributed by atoms with Gasteiger partial charge in [0.25, 0.3) is 0 Å². The van der Waals surface area contributed by atoms with Gasteiger partial charge in [-0.15, -0.1) is 0 Å². The number of phosphoric ester groups is 2. The molecule has 0 amide bonds. The zero-order valence-corrected chi connectivity index (χ0v) is 62.5. The molecule has 0 aliphatic carbocycles. The highest BCUT2D eigenvalue weighted by molar-refractivity contribution is 7.47. The topological polar surface area (TPSA) is 237 Å². The lowest BCUT2D eigenvalue weighted by atomic mass is 9.99. The first-order valence-electron chi connectivity index (χ1n) is 38.3. The highest BCUT2D eigenvalue weighted by Crippen LogP contribution is 2.45. The van der Waals surface area contributed by atoms with Crippen molar-refractivity contribution in [2.24, 2.45) is 11.8 Å². The Balaban J connectivity index is 5.28. The summed E-state index contributed by atoms with van der Waals surface area (Å²) in [6.45, 7) is 9.53. The van der Waals surface area contributed by atoms with E-state index < -0.39 is 97.5 Å². The van der Waals surface area contributed by atoms with Gasteiger partial charge in [-0.25, -0.2) is 9.13 Å². The Morgan fingerprint density at radius 3 is 0.957 bits per heavy atom. The van der Waals surface area contributed by atoms with Gasteiger partial charge in [0, 0.05) is 25.7 Å². The molecule has 0 aromatic rings. The van der Waals surface area contributed by atoms with E-state index in [2.05, 4.69) is 65.8 Å². The molecule has 17 nitrogen and oxygen atoms in total. The molecule has 0 rings (SSSR count). The molecule has 554 valence electrons. The fraction of sp³-hybridized carbons (Fsp3) is 0.893. The minimum absolute atomic E-state index is 0.100. The fourth-order valence-corrected chi connectivity index (χ4v) is 12.5. The van der Waals surface area contributed by atoms with Crippen LogP contribution in [0, 0.1) is 11.8 Å². The van der Waals surface area contributed by atoms with E-state index in [1.807, 2.05) is 0 Å². The first-order valence-corrected chi connectivity index (χ1v) is 41.3. The maximum atomic E-state index is 13.1. The van der Waals surface area contributed by atoms with Gasteiger partial charge in [0.1, 0.15) is 19.3 Å². The molecule has 3 N–H and O–H groups in total.